The minimum Gasteiger partial charge on any atom is -0.354 e. The summed E-state index contributed by atoms with van der Waals surface area (Å²) in [6.07, 6.45) is 2.94. The fourth-order valence-electron chi connectivity index (χ4n) is 2.74. The van der Waals surface area contributed by atoms with Crippen LogP contribution in [0.4, 0.5) is 0 Å². The number of nitrogens with one attached hydrogen (secondary N) is 2. The number of benzene rings is 1. The van der Waals surface area contributed by atoms with Crippen molar-refractivity contribution in [1.29, 1.82) is 0 Å². The molecule has 3 atom stereocenters. The van der Waals surface area contributed by atoms with Crippen molar-refractivity contribution in [3.8, 4) is 0 Å². The van der Waals surface area contributed by atoms with Gasteiger partial charge in [0.05, 0.1) is 5.75 Å². The van der Waals surface area contributed by atoms with E-state index in [0.29, 0.717) is 18.4 Å². The largest absolute Gasteiger partial charge is 0.354 e. The van der Waals surface area contributed by atoms with Crippen LogP contribution in [0.15, 0.2) is 29.3 Å². The highest BCUT2D eigenvalue weighted by atomic mass is 127. The fraction of sp³-hybridized carbons (Fsp3) is 0.588. The van der Waals surface area contributed by atoms with Crippen molar-refractivity contribution in [3.05, 3.63) is 35.4 Å². The topological polar surface area (TPSA) is 70.6 Å². The summed E-state index contributed by atoms with van der Waals surface area (Å²) in [4.78, 5) is 4.25. The molecular weight excluding hydrogens is 437 g/mol. The second-order valence-electron chi connectivity index (χ2n) is 6.49. The Balaban J connectivity index is 0.00000288. The van der Waals surface area contributed by atoms with Crippen LogP contribution in [0.2, 0.25) is 0 Å². The molecule has 0 aliphatic heterocycles. The Morgan fingerprint density at radius 1 is 1.38 bits per heavy atom. The Morgan fingerprint density at radius 2 is 2.04 bits per heavy atom. The second kappa shape index (κ2) is 9.03. The Hall–Kier alpha value is -0.830. The van der Waals surface area contributed by atoms with Gasteiger partial charge in [-0.05, 0) is 37.8 Å². The van der Waals surface area contributed by atoms with E-state index in [-0.39, 0.29) is 35.8 Å². The lowest BCUT2D eigenvalue weighted by Crippen LogP contribution is -2.44. The summed E-state index contributed by atoms with van der Waals surface area (Å²) in [6, 6.07) is 8.93. The molecule has 0 amide bonds. The van der Waals surface area contributed by atoms with Crippen LogP contribution in [-0.4, -0.2) is 45.5 Å². The first-order valence-corrected chi connectivity index (χ1v) is 10.1. The van der Waals surface area contributed by atoms with E-state index in [0.717, 1.165) is 12.4 Å². The van der Waals surface area contributed by atoms with Crippen LogP contribution in [0, 0.1) is 6.92 Å². The van der Waals surface area contributed by atoms with Crippen molar-refractivity contribution in [1.82, 2.24) is 10.6 Å². The highest BCUT2D eigenvalue weighted by Crippen LogP contribution is 2.41. The lowest BCUT2D eigenvalue weighted by atomic mass is 10.0. The number of guanidine groups is 1. The van der Waals surface area contributed by atoms with Gasteiger partial charge in [-0.15, -0.1) is 24.0 Å². The molecular formula is C17H28IN3O2S. The maximum atomic E-state index is 11.2. The minimum absolute atomic E-state index is 0. The van der Waals surface area contributed by atoms with E-state index in [1.807, 2.05) is 6.92 Å². The number of aryl methyl sites for hydroxylation is 1. The van der Waals surface area contributed by atoms with Crippen LogP contribution in [0.3, 0.4) is 0 Å². The maximum Gasteiger partial charge on any atom is 0.191 e. The minimum atomic E-state index is -2.92. The van der Waals surface area contributed by atoms with Crippen molar-refractivity contribution in [2.45, 2.75) is 44.7 Å². The maximum absolute atomic E-state index is 11.2. The Labute approximate surface area is 162 Å². The molecule has 1 aromatic rings. The lowest BCUT2D eigenvalue weighted by Gasteiger charge is -2.18. The third-order valence-corrected chi connectivity index (χ3v) is 5.21. The van der Waals surface area contributed by atoms with Crippen molar-refractivity contribution in [3.63, 3.8) is 0 Å². The molecule has 0 radical (unpaired) electrons. The molecule has 1 aromatic carbocycles. The predicted octanol–water partition coefficient (Wildman–Crippen LogP) is 2.46. The number of nitrogens with zero attached hydrogens (tertiary/aromatic N) is 1. The molecule has 3 unspecified atom stereocenters. The molecule has 1 fully saturated rings. The number of hydrogen-bond donors (Lipinski definition) is 2. The van der Waals surface area contributed by atoms with E-state index in [9.17, 15) is 8.42 Å². The molecule has 1 saturated carbocycles. The van der Waals surface area contributed by atoms with Gasteiger partial charge in [-0.3, -0.25) is 4.99 Å². The molecule has 1 aliphatic rings. The third-order valence-electron chi connectivity index (χ3n) is 4.23. The SMILES string of the molecule is CN=C(NC(C)CCS(C)(=O)=O)NC1CC1c1ccccc1C.I. The normalized spacial score (nSPS) is 21.6. The summed E-state index contributed by atoms with van der Waals surface area (Å²) < 4.78 is 22.5. The van der Waals surface area contributed by atoms with Gasteiger partial charge in [0, 0.05) is 31.3 Å². The van der Waals surface area contributed by atoms with Crippen LogP contribution in [-0.2, 0) is 9.84 Å². The van der Waals surface area contributed by atoms with Gasteiger partial charge in [0.1, 0.15) is 9.84 Å². The Bertz CT molecular complexity index is 676. The van der Waals surface area contributed by atoms with E-state index in [1.165, 1.54) is 17.4 Å². The zero-order valence-electron chi connectivity index (χ0n) is 14.7. The summed E-state index contributed by atoms with van der Waals surface area (Å²) in [7, 11) is -1.18. The number of aliphatic imine (C=N–C) groups is 1. The van der Waals surface area contributed by atoms with Crippen LogP contribution in [0.25, 0.3) is 0 Å². The van der Waals surface area contributed by atoms with Gasteiger partial charge in [-0.2, -0.15) is 0 Å². The lowest BCUT2D eigenvalue weighted by molar-refractivity contribution is 0.581. The predicted molar refractivity (Wildman–Crippen MR) is 111 cm³/mol. The fourth-order valence-corrected chi connectivity index (χ4v) is 3.53. The van der Waals surface area contributed by atoms with Gasteiger partial charge >= 0.3 is 0 Å². The van der Waals surface area contributed by atoms with Crippen LogP contribution < -0.4 is 10.6 Å². The van der Waals surface area contributed by atoms with E-state index < -0.39 is 9.84 Å². The third kappa shape index (κ3) is 6.58. The first-order chi connectivity index (χ1) is 10.8. The van der Waals surface area contributed by atoms with Gasteiger partial charge in [0.25, 0.3) is 0 Å². The molecule has 0 aromatic heterocycles. The molecule has 2 N–H and O–H groups in total. The number of halogens is 1. The molecule has 5 nitrogen and oxygen atoms in total. The van der Waals surface area contributed by atoms with Gasteiger partial charge in [-0.25, -0.2) is 8.42 Å². The van der Waals surface area contributed by atoms with Gasteiger partial charge in [0.2, 0.25) is 0 Å². The summed E-state index contributed by atoms with van der Waals surface area (Å²) >= 11 is 0. The molecule has 0 saturated heterocycles. The Kier molecular flexibility index (Phi) is 7.98. The van der Waals surface area contributed by atoms with Crippen molar-refractivity contribution in [2.75, 3.05) is 19.1 Å². The standard InChI is InChI=1S/C17H27N3O2S.HI/c1-12-7-5-6-8-14(12)15-11-16(15)20-17(18-3)19-13(2)9-10-23(4,21)22;/h5-8,13,15-16H,9-11H2,1-4H3,(H2,18,19,20);1H. The van der Waals surface area contributed by atoms with Gasteiger partial charge in [-0.1, -0.05) is 24.3 Å². The molecule has 7 heteroatoms. The van der Waals surface area contributed by atoms with Crippen molar-refractivity contribution < 1.29 is 8.42 Å². The first-order valence-electron chi connectivity index (χ1n) is 8.03. The van der Waals surface area contributed by atoms with E-state index in [4.69, 9.17) is 0 Å². The van der Waals surface area contributed by atoms with E-state index >= 15 is 0 Å². The summed E-state index contributed by atoms with van der Waals surface area (Å²) in [5.41, 5.74) is 2.72. The zero-order chi connectivity index (χ0) is 17.0. The summed E-state index contributed by atoms with van der Waals surface area (Å²) in [5, 5.41) is 6.71. The summed E-state index contributed by atoms with van der Waals surface area (Å²) in [5.74, 6) is 1.46. The summed E-state index contributed by atoms with van der Waals surface area (Å²) in [6.45, 7) is 4.12. The molecule has 1 aliphatic carbocycles. The number of sulfone groups is 1. The van der Waals surface area contributed by atoms with Crippen molar-refractivity contribution in [2.24, 2.45) is 4.99 Å². The average Bonchev–Trinajstić information content (AvgIpc) is 3.23. The van der Waals surface area contributed by atoms with E-state index in [2.05, 4.69) is 46.8 Å². The second-order valence-corrected chi connectivity index (χ2v) is 8.75. The molecule has 24 heavy (non-hydrogen) atoms. The zero-order valence-corrected chi connectivity index (χ0v) is 17.9. The quantitative estimate of drug-likeness (QED) is 0.385. The smallest absolute Gasteiger partial charge is 0.191 e. The average molecular weight is 465 g/mol. The van der Waals surface area contributed by atoms with Crippen LogP contribution in [0.5, 0.6) is 0 Å². The highest BCUT2D eigenvalue weighted by Gasteiger charge is 2.39. The number of hydrogen-bond acceptors (Lipinski definition) is 3. The monoisotopic (exact) mass is 465 g/mol. The number of rotatable bonds is 6. The van der Waals surface area contributed by atoms with Gasteiger partial charge < -0.3 is 10.6 Å². The van der Waals surface area contributed by atoms with Crippen LogP contribution >= 0.6 is 24.0 Å². The van der Waals surface area contributed by atoms with Crippen LogP contribution in [0.1, 0.15) is 36.8 Å². The van der Waals surface area contributed by atoms with Gasteiger partial charge in [0.15, 0.2) is 5.96 Å². The molecule has 136 valence electrons. The Morgan fingerprint density at radius 3 is 2.62 bits per heavy atom. The van der Waals surface area contributed by atoms with E-state index in [1.54, 1.807) is 7.05 Å². The van der Waals surface area contributed by atoms with Crippen molar-refractivity contribution >= 4 is 39.8 Å². The molecule has 0 spiro atoms. The molecule has 0 bridgehead atoms. The first kappa shape index (κ1) is 21.2. The highest BCUT2D eigenvalue weighted by molar-refractivity contribution is 14.0. The molecule has 2 rings (SSSR count). The molecule has 0 heterocycles.